The average Bonchev–Trinajstić information content (AvgIpc) is 2.83. The summed E-state index contributed by atoms with van der Waals surface area (Å²) < 4.78 is 10.9. The number of para-hydroxylation sites is 2. The summed E-state index contributed by atoms with van der Waals surface area (Å²) in [6, 6.07) is 25.0. The van der Waals surface area contributed by atoms with Gasteiger partial charge in [-0.1, -0.05) is 48.5 Å². The number of anilines is 1. The van der Waals surface area contributed by atoms with E-state index < -0.39 is 24.4 Å². The number of esters is 1. The summed E-state index contributed by atoms with van der Waals surface area (Å²) in [5.41, 5.74) is 7.02. The molecule has 0 aliphatic carbocycles. The van der Waals surface area contributed by atoms with Crippen LogP contribution in [0.25, 0.3) is 0 Å². The highest BCUT2D eigenvalue weighted by atomic mass is 16.5. The summed E-state index contributed by atoms with van der Waals surface area (Å²) in [5, 5.41) is 0. The maximum Gasteiger partial charge on any atom is 0.338 e. The number of hydrogen-bond acceptors (Lipinski definition) is 5. The Labute approximate surface area is 186 Å². The first kappa shape index (κ1) is 22.6. The van der Waals surface area contributed by atoms with E-state index >= 15 is 0 Å². The molecular formula is C25H24N2O5. The quantitative estimate of drug-likeness (QED) is 0.496. The van der Waals surface area contributed by atoms with Gasteiger partial charge in [-0.2, -0.15) is 0 Å². The summed E-state index contributed by atoms with van der Waals surface area (Å²) in [4.78, 5) is 37.5. The number of carbonyl (C=O) groups excluding carboxylic acids is 3. The average molecular weight is 432 g/mol. The van der Waals surface area contributed by atoms with E-state index in [9.17, 15) is 14.4 Å². The molecule has 2 N–H and O–H groups in total. The van der Waals surface area contributed by atoms with Gasteiger partial charge in [-0.25, -0.2) is 4.79 Å². The molecule has 3 aromatic carbocycles. The van der Waals surface area contributed by atoms with Crippen LogP contribution < -0.4 is 15.4 Å². The van der Waals surface area contributed by atoms with Gasteiger partial charge in [-0.15, -0.1) is 0 Å². The Morgan fingerprint density at radius 3 is 2.06 bits per heavy atom. The number of amides is 2. The number of ether oxygens (including phenoxy) is 2. The highest BCUT2D eigenvalue weighted by Gasteiger charge is 2.19. The number of hydrogen-bond donors (Lipinski definition) is 1. The molecule has 0 aromatic heterocycles. The van der Waals surface area contributed by atoms with Crippen molar-refractivity contribution in [2.75, 3.05) is 18.1 Å². The van der Waals surface area contributed by atoms with Gasteiger partial charge >= 0.3 is 5.97 Å². The second-order valence-electron chi connectivity index (χ2n) is 6.97. The van der Waals surface area contributed by atoms with E-state index in [4.69, 9.17) is 15.2 Å². The van der Waals surface area contributed by atoms with Gasteiger partial charge in [0.05, 0.1) is 5.56 Å². The zero-order valence-electron chi connectivity index (χ0n) is 17.5. The minimum Gasteiger partial charge on any atom is -0.489 e. The lowest BCUT2D eigenvalue weighted by Crippen LogP contribution is -2.37. The molecule has 7 nitrogen and oxygen atoms in total. The molecule has 0 bridgehead atoms. The predicted molar refractivity (Wildman–Crippen MR) is 120 cm³/mol. The lowest BCUT2D eigenvalue weighted by molar-refractivity contribution is -0.121. The Hall–Kier alpha value is -4.13. The van der Waals surface area contributed by atoms with Gasteiger partial charge in [-0.3, -0.25) is 9.59 Å². The summed E-state index contributed by atoms with van der Waals surface area (Å²) >= 11 is 0. The minimum atomic E-state index is -0.614. The van der Waals surface area contributed by atoms with Crippen LogP contribution in [-0.2, 0) is 20.9 Å². The first-order chi connectivity index (χ1) is 15.5. The lowest BCUT2D eigenvalue weighted by Gasteiger charge is -2.22. The van der Waals surface area contributed by atoms with Gasteiger partial charge in [0, 0.05) is 18.7 Å². The van der Waals surface area contributed by atoms with E-state index in [0.717, 1.165) is 11.3 Å². The van der Waals surface area contributed by atoms with Gasteiger partial charge in [0.2, 0.25) is 5.91 Å². The van der Waals surface area contributed by atoms with E-state index in [0.29, 0.717) is 17.9 Å². The number of nitrogens with two attached hydrogens (primary N) is 1. The molecule has 32 heavy (non-hydrogen) atoms. The van der Waals surface area contributed by atoms with Crippen molar-refractivity contribution in [2.45, 2.75) is 13.0 Å². The molecule has 0 radical (unpaired) electrons. The molecule has 0 fully saturated rings. The van der Waals surface area contributed by atoms with Crippen molar-refractivity contribution >= 4 is 23.5 Å². The maximum absolute atomic E-state index is 12.6. The molecule has 0 unspecified atom stereocenters. The number of rotatable bonds is 10. The zero-order valence-corrected chi connectivity index (χ0v) is 17.5. The van der Waals surface area contributed by atoms with Gasteiger partial charge in [0.1, 0.15) is 12.4 Å². The second-order valence-corrected chi connectivity index (χ2v) is 6.97. The summed E-state index contributed by atoms with van der Waals surface area (Å²) in [5.74, 6) is -0.823. The van der Waals surface area contributed by atoms with Gasteiger partial charge in [-0.05, 0) is 42.0 Å². The molecule has 0 saturated heterocycles. The lowest BCUT2D eigenvalue weighted by atomic mass is 10.1. The third kappa shape index (κ3) is 6.70. The number of carbonyl (C=O) groups is 3. The van der Waals surface area contributed by atoms with E-state index in [2.05, 4.69) is 0 Å². The van der Waals surface area contributed by atoms with E-state index in [-0.39, 0.29) is 13.0 Å². The van der Waals surface area contributed by atoms with Crippen LogP contribution in [0, 0.1) is 0 Å². The first-order valence-corrected chi connectivity index (χ1v) is 10.1. The van der Waals surface area contributed by atoms with Crippen molar-refractivity contribution < 1.29 is 23.9 Å². The van der Waals surface area contributed by atoms with Crippen LogP contribution in [0.5, 0.6) is 5.75 Å². The summed E-state index contributed by atoms with van der Waals surface area (Å²) in [7, 11) is 0. The van der Waals surface area contributed by atoms with Crippen molar-refractivity contribution in [1.82, 2.24) is 0 Å². The van der Waals surface area contributed by atoms with E-state index in [1.165, 1.54) is 4.90 Å². The molecule has 164 valence electrons. The molecule has 0 saturated carbocycles. The second kappa shape index (κ2) is 11.3. The van der Waals surface area contributed by atoms with Gasteiger partial charge < -0.3 is 20.1 Å². The maximum atomic E-state index is 12.6. The number of nitrogens with zero attached hydrogens (tertiary/aromatic N) is 1. The van der Waals surface area contributed by atoms with Crippen LogP contribution in [0.3, 0.4) is 0 Å². The van der Waals surface area contributed by atoms with Gasteiger partial charge in [0.25, 0.3) is 5.91 Å². The topological polar surface area (TPSA) is 98.9 Å². The fourth-order valence-electron chi connectivity index (χ4n) is 2.94. The molecule has 3 aromatic rings. The van der Waals surface area contributed by atoms with Crippen molar-refractivity contribution in [3.63, 3.8) is 0 Å². The third-order valence-electron chi connectivity index (χ3n) is 4.62. The van der Waals surface area contributed by atoms with Crippen molar-refractivity contribution in [3.8, 4) is 5.75 Å². The standard InChI is InChI=1S/C25H24N2O5/c26-23(28)15-16-27(21-7-3-1-4-8-21)24(29)18-32-25(30)20-13-11-19(12-14-20)17-31-22-9-5-2-6-10-22/h1-14H,15-18H2,(H2,26,28). The highest BCUT2D eigenvalue weighted by molar-refractivity contribution is 5.97. The molecule has 0 spiro atoms. The Kier molecular flexibility index (Phi) is 7.97. The van der Waals surface area contributed by atoms with Crippen LogP contribution in [0.4, 0.5) is 5.69 Å². The molecule has 0 heterocycles. The van der Waals surface area contributed by atoms with Crippen LogP contribution >= 0.6 is 0 Å². The Balaban J connectivity index is 1.55. The summed E-state index contributed by atoms with van der Waals surface area (Å²) in [6.45, 7) is 0.0148. The van der Waals surface area contributed by atoms with Crippen LogP contribution in [0.2, 0.25) is 0 Å². The molecule has 0 aliphatic rings. The molecule has 7 heteroatoms. The first-order valence-electron chi connectivity index (χ1n) is 10.1. The number of benzene rings is 3. The van der Waals surface area contributed by atoms with Crippen LogP contribution in [0.15, 0.2) is 84.9 Å². The van der Waals surface area contributed by atoms with E-state index in [1.807, 2.05) is 36.4 Å². The van der Waals surface area contributed by atoms with Gasteiger partial charge in [0.15, 0.2) is 6.61 Å². The molecule has 0 atom stereocenters. The molecular weight excluding hydrogens is 408 g/mol. The predicted octanol–water partition coefficient (Wildman–Crippen LogP) is 3.33. The molecule has 3 rings (SSSR count). The molecule has 0 aliphatic heterocycles. The fourth-order valence-corrected chi connectivity index (χ4v) is 2.94. The minimum absolute atomic E-state index is 0.00109. The fraction of sp³-hybridized carbons (Fsp3) is 0.160. The smallest absolute Gasteiger partial charge is 0.338 e. The van der Waals surface area contributed by atoms with Crippen molar-refractivity contribution in [2.24, 2.45) is 5.73 Å². The Morgan fingerprint density at radius 1 is 0.812 bits per heavy atom. The zero-order chi connectivity index (χ0) is 22.8. The Morgan fingerprint density at radius 2 is 1.44 bits per heavy atom. The Bertz CT molecular complexity index is 1040. The third-order valence-corrected chi connectivity index (χ3v) is 4.62. The number of primary amides is 1. The van der Waals surface area contributed by atoms with Crippen LogP contribution in [-0.4, -0.2) is 30.9 Å². The van der Waals surface area contributed by atoms with Crippen molar-refractivity contribution in [1.29, 1.82) is 0 Å². The highest BCUT2D eigenvalue weighted by Crippen LogP contribution is 2.15. The van der Waals surface area contributed by atoms with E-state index in [1.54, 1.807) is 48.5 Å². The molecule has 2 amide bonds. The largest absolute Gasteiger partial charge is 0.489 e. The van der Waals surface area contributed by atoms with Crippen molar-refractivity contribution in [3.05, 3.63) is 96.1 Å². The normalized spacial score (nSPS) is 10.2. The van der Waals surface area contributed by atoms with Crippen LogP contribution in [0.1, 0.15) is 22.3 Å². The monoisotopic (exact) mass is 432 g/mol. The summed E-state index contributed by atoms with van der Waals surface area (Å²) in [6.07, 6.45) is 0.00109. The SMILES string of the molecule is NC(=O)CCN(C(=O)COC(=O)c1ccc(COc2ccccc2)cc1)c1ccccc1.